The fraction of sp³-hybridized carbons (Fsp3) is 0.889. The van der Waals surface area contributed by atoms with E-state index in [0.717, 1.165) is 0 Å². The Hall–Kier alpha value is -0.610. The van der Waals surface area contributed by atoms with Crippen molar-refractivity contribution < 1.29 is 9.63 Å². The fourth-order valence-electron chi connectivity index (χ4n) is 0.730. The number of carbonyl (C=O) groups excluding carboxylic acids is 1. The van der Waals surface area contributed by atoms with Crippen molar-refractivity contribution in [1.82, 2.24) is 5.48 Å². The Morgan fingerprint density at radius 3 is 2.54 bits per heavy atom. The van der Waals surface area contributed by atoms with Crippen molar-refractivity contribution in [3.05, 3.63) is 0 Å². The van der Waals surface area contributed by atoms with Crippen molar-refractivity contribution in [1.29, 1.82) is 0 Å². The van der Waals surface area contributed by atoms with Gasteiger partial charge in [0.15, 0.2) is 0 Å². The van der Waals surface area contributed by atoms with Gasteiger partial charge < -0.3 is 5.73 Å². The van der Waals surface area contributed by atoms with Gasteiger partial charge in [-0.15, -0.1) is 0 Å². The van der Waals surface area contributed by atoms with Gasteiger partial charge in [-0.25, -0.2) is 5.48 Å². The molecule has 0 spiro atoms. The van der Waals surface area contributed by atoms with Gasteiger partial charge in [0, 0.05) is 6.42 Å². The Labute approximate surface area is 79.8 Å². The molecule has 3 N–H and O–H groups in total. The van der Waals surface area contributed by atoms with Gasteiger partial charge in [-0.1, -0.05) is 20.8 Å². The van der Waals surface area contributed by atoms with Gasteiger partial charge in [-0.3, -0.25) is 9.63 Å². The molecule has 0 aliphatic heterocycles. The Bertz CT molecular complexity index is 149. The van der Waals surface area contributed by atoms with Crippen LogP contribution in [-0.2, 0) is 9.63 Å². The first kappa shape index (κ1) is 12.4. The van der Waals surface area contributed by atoms with Gasteiger partial charge in [0.05, 0.1) is 6.61 Å². The Kier molecular flexibility index (Phi) is 6.54. The average molecular weight is 188 g/mol. The van der Waals surface area contributed by atoms with Crippen molar-refractivity contribution in [2.24, 2.45) is 17.6 Å². The molecule has 0 saturated heterocycles. The molecule has 0 heterocycles. The second-order valence-corrected chi connectivity index (χ2v) is 3.78. The number of amides is 1. The van der Waals surface area contributed by atoms with E-state index in [4.69, 9.17) is 10.6 Å². The minimum absolute atomic E-state index is 0.0985. The number of nitrogens with two attached hydrogens (primary N) is 1. The van der Waals surface area contributed by atoms with Crippen LogP contribution in [0.25, 0.3) is 0 Å². The van der Waals surface area contributed by atoms with E-state index in [-0.39, 0.29) is 11.8 Å². The lowest BCUT2D eigenvalue weighted by Crippen LogP contribution is -2.28. The second kappa shape index (κ2) is 6.86. The molecular formula is C9H20N2O2. The molecular weight excluding hydrogens is 168 g/mol. The van der Waals surface area contributed by atoms with E-state index in [9.17, 15) is 4.79 Å². The van der Waals surface area contributed by atoms with Crippen molar-refractivity contribution in [2.45, 2.75) is 27.2 Å². The zero-order valence-electron chi connectivity index (χ0n) is 8.67. The monoisotopic (exact) mass is 188 g/mol. The average Bonchev–Trinajstić information content (AvgIpc) is 2.03. The third-order valence-corrected chi connectivity index (χ3v) is 1.54. The summed E-state index contributed by atoms with van der Waals surface area (Å²) in [5, 5.41) is 0. The highest BCUT2D eigenvalue weighted by Crippen LogP contribution is 1.98. The molecule has 0 bridgehead atoms. The first-order chi connectivity index (χ1) is 6.06. The summed E-state index contributed by atoms with van der Waals surface area (Å²) in [4.78, 5) is 16.1. The molecule has 4 heteroatoms. The Morgan fingerprint density at radius 2 is 2.08 bits per heavy atom. The zero-order valence-corrected chi connectivity index (χ0v) is 8.67. The predicted octanol–water partition coefficient (Wildman–Crippen LogP) is 0.675. The van der Waals surface area contributed by atoms with Crippen LogP contribution in [0, 0.1) is 11.8 Å². The SMILES string of the molecule is CC(C)CONC(=O)CC(C)CN. The van der Waals surface area contributed by atoms with Crippen molar-refractivity contribution in [2.75, 3.05) is 13.2 Å². The van der Waals surface area contributed by atoms with Gasteiger partial charge in [0.25, 0.3) is 0 Å². The molecule has 0 aromatic rings. The maximum Gasteiger partial charge on any atom is 0.243 e. The van der Waals surface area contributed by atoms with Gasteiger partial charge in [0.1, 0.15) is 0 Å². The van der Waals surface area contributed by atoms with E-state index in [1.54, 1.807) is 0 Å². The van der Waals surface area contributed by atoms with E-state index in [1.165, 1.54) is 0 Å². The molecule has 0 aliphatic rings. The highest BCUT2D eigenvalue weighted by molar-refractivity contribution is 5.74. The summed E-state index contributed by atoms with van der Waals surface area (Å²) in [6.07, 6.45) is 0.425. The quantitative estimate of drug-likeness (QED) is 0.602. The summed E-state index contributed by atoms with van der Waals surface area (Å²) in [5.41, 5.74) is 7.76. The lowest BCUT2D eigenvalue weighted by molar-refractivity contribution is -0.135. The predicted molar refractivity (Wildman–Crippen MR) is 51.8 cm³/mol. The number of hydrogen-bond acceptors (Lipinski definition) is 3. The molecule has 78 valence electrons. The second-order valence-electron chi connectivity index (χ2n) is 3.78. The lowest BCUT2D eigenvalue weighted by Gasteiger charge is -2.10. The number of hydroxylamine groups is 1. The molecule has 1 atom stereocenters. The van der Waals surface area contributed by atoms with Crippen LogP contribution in [0.4, 0.5) is 0 Å². The van der Waals surface area contributed by atoms with Crippen molar-refractivity contribution in [3.63, 3.8) is 0 Å². The third kappa shape index (κ3) is 7.74. The van der Waals surface area contributed by atoms with Crippen LogP contribution in [0.15, 0.2) is 0 Å². The summed E-state index contributed by atoms with van der Waals surface area (Å²) < 4.78 is 0. The van der Waals surface area contributed by atoms with E-state index in [1.807, 2.05) is 20.8 Å². The molecule has 1 amide bonds. The van der Waals surface area contributed by atoms with Crippen LogP contribution in [-0.4, -0.2) is 19.1 Å². The van der Waals surface area contributed by atoms with Gasteiger partial charge >= 0.3 is 0 Å². The van der Waals surface area contributed by atoms with E-state index in [0.29, 0.717) is 25.5 Å². The van der Waals surface area contributed by atoms with Gasteiger partial charge in [-0.05, 0) is 18.4 Å². The molecule has 0 fully saturated rings. The molecule has 0 aliphatic carbocycles. The maximum atomic E-state index is 11.1. The number of rotatable bonds is 6. The highest BCUT2D eigenvalue weighted by atomic mass is 16.6. The largest absolute Gasteiger partial charge is 0.330 e. The molecule has 13 heavy (non-hydrogen) atoms. The zero-order chi connectivity index (χ0) is 10.3. The molecule has 0 aromatic heterocycles. The Balaban J connectivity index is 3.41. The summed E-state index contributed by atoms with van der Waals surface area (Å²) in [5.74, 6) is 0.536. The first-order valence-corrected chi connectivity index (χ1v) is 4.67. The van der Waals surface area contributed by atoms with Crippen LogP contribution in [0.1, 0.15) is 27.2 Å². The molecule has 0 saturated carbocycles. The standard InChI is InChI=1S/C9H20N2O2/c1-7(2)6-13-11-9(12)4-8(3)5-10/h7-8H,4-6,10H2,1-3H3,(H,11,12). The molecule has 4 nitrogen and oxygen atoms in total. The third-order valence-electron chi connectivity index (χ3n) is 1.54. The van der Waals surface area contributed by atoms with Crippen LogP contribution in [0.3, 0.4) is 0 Å². The van der Waals surface area contributed by atoms with Crippen LogP contribution in [0.5, 0.6) is 0 Å². The van der Waals surface area contributed by atoms with Gasteiger partial charge in [-0.2, -0.15) is 0 Å². The first-order valence-electron chi connectivity index (χ1n) is 4.67. The molecule has 1 unspecified atom stereocenters. The molecule has 0 rings (SSSR count). The maximum absolute atomic E-state index is 11.1. The van der Waals surface area contributed by atoms with E-state index in [2.05, 4.69) is 5.48 Å². The van der Waals surface area contributed by atoms with E-state index >= 15 is 0 Å². The normalized spacial score (nSPS) is 13.0. The summed E-state index contributed by atoms with van der Waals surface area (Å²) in [6.45, 7) is 7.05. The molecule has 0 aromatic carbocycles. The van der Waals surface area contributed by atoms with Crippen LogP contribution < -0.4 is 11.2 Å². The minimum atomic E-state index is -0.0985. The van der Waals surface area contributed by atoms with Crippen molar-refractivity contribution >= 4 is 5.91 Å². The smallest absolute Gasteiger partial charge is 0.243 e. The summed E-state index contributed by atoms with van der Waals surface area (Å²) >= 11 is 0. The minimum Gasteiger partial charge on any atom is -0.330 e. The lowest BCUT2D eigenvalue weighted by atomic mass is 10.1. The number of carbonyl (C=O) groups is 1. The number of hydrogen-bond donors (Lipinski definition) is 2. The molecule has 0 radical (unpaired) electrons. The summed E-state index contributed by atoms with van der Waals surface area (Å²) in [7, 11) is 0. The van der Waals surface area contributed by atoms with Crippen molar-refractivity contribution in [3.8, 4) is 0 Å². The fourth-order valence-corrected chi connectivity index (χ4v) is 0.730. The van der Waals surface area contributed by atoms with Crippen LogP contribution >= 0.6 is 0 Å². The topological polar surface area (TPSA) is 64.3 Å². The highest BCUT2D eigenvalue weighted by Gasteiger charge is 2.07. The van der Waals surface area contributed by atoms with Crippen LogP contribution in [0.2, 0.25) is 0 Å². The van der Waals surface area contributed by atoms with Gasteiger partial charge in [0.2, 0.25) is 5.91 Å². The van der Waals surface area contributed by atoms with E-state index < -0.39 is 0 Å². The Morgan fingerprint density at radius 1 is 1.46 bits per heavy atom. The number of nitrogens with one attached hydrogen (secondary N) is 1. The summed E-state index contributed by atoms with van der Waals surface area (Å²) in [6, 6.07) is 0.